The maximum atomic E-state index is 11.7. The molecule has 6 heteroatoms. The van der Waals surface area contributed by atoms with Crippen molar-refractivity contribution in [2.24, 2.45) is 11.1 Å². The highest BCUT2D eigenvalue weighted by Crippen LogP contribution is 2.19. The molecule has 0 radical (unpaired) electrons. The third-order valence-electron chi connectivity index (χ3n) is 3.03. The normalized spacial score (nSPS) is 14.1. The van der Waals surface area contributed by atoms with E-state index in [1.807, 2.05) is 0 Å². The lowest BCUT2D eigenvalue weighted by molar-refractivity contribution is 0.315. The topological polar surface area (TPSA) is 89.1 Å². The predicted octanol–water partition coefficient (Wildman–Crippen LogP) is 0.642. The van der Waals surface area contributed by atoms with Gasteiger partial charge in [-0.1, -0.05) is 20.8 Å². The number of nitrogens with two attached hydrogens (primary N) is 1. The van der Waals surface area contributed by atoms with Crippen LogP contribution in [0.25, 0.3) is 5.78 Å². The van der Waals surface area contributed by atoms with Crippen LogP contribution in [0.2, 0.25) is 0 Å². The minimum absolute atomic E-state index is 0.00667. The van der Waals surface area contributed by atoms with E-state index in [-0.39, 0.29) is 17.0 Å². The van der Waals surface area contributed by atoms with Crippen LogP contribution in [0, 0.1) is 12.3 Å². The Morgan fingerprint density at radius 2 is 2.11 bits per heavy atom. The van der Waals surface area contributed by atoms with Crippen LogP contribution in [-0.4, -0.2) is 25.6 Å². The molecular formula is C12H19N5O. The second kappa shape index (κ2) is 4.20. The fraction of sp³-hybridized carbons (Fsp3) is 0.583. The van der Waals surface area contributed by atoms with Crippen molar-refractivity contribution in [1.82, 2.24) is 19.6 Å². The van der Waals surface area contributed by atoms with Gasteiger partial charge < -0.3 is 5.73 Å². The van der Waals surface area contributed by atoms with E-state index in [0.29, 0.717) is 23.7 Å². The number of hydrogen-bond acceptors (Lipinski definition) is 4. The van der Waals surface area contributed by atoms with Gasteiger partial charge in [-0.25, -0.2) is 4.98 Å². The van der Waals surface area contributed by atoms with Crippen molar-refractivity contribution in [1.29, 1.82) is 0 Å². The molecule has 0 amide bonds. The fourth-order valence-electron chi connectivity index (χ4n) is 1.64. The number of aromatic amines is 1. The number of H-pyrrole nitrogens is 1. The third-order valence-corrected chi connectivity index (χ3v) is 3.03. The molecule has 0 saturated carbocycles. The Bertz CT molecular complexity index is 619. The van der Waals surface area contributed by atoms with E-state index in [1.54, 1.807) is 6.92 Å². The Labute approximate surface area is 105 Å². The minimum atomic E-state index is -0.152. The summed E-state index contributed by atoms with van der Waals surface area (Å²) in [5.74, 6) is 1.09. The first-order valence-corrected chi connectivity index (χ1v) is 5.98. The molecule has 0 aliphatic rings. The number of aromatic nitrogens is 4. The lowest BCUT2D eigenvalue weighted by Gasteiger charge is -2.25. The first-order chi connectivity index (χ1) is 8.27. The lowest BCUT2D eigenvalue weighted by atomic mass is 9.85. The van der Waals surface area contributed by atoms with Gasteiger partial charge in [-0.3, -0.25) is 9.89 Å². The van der Waals surface area contributed by atoms with E-state index < -0.39 is 0 Å². The van der Waals surface area contributed by atoms with Crippen LogP contribution in [-0.2, 0) is 6.42 Å². The molecule has 1 unspecified atom stereocenters. The van der Waals surface area contributed by atoms with Gasteiger partial charge >= 0.3 is 0 Å². The average molecular weight is 249 g/mol. The highest BCUT2D eigenvalue weighted by atomic mass is 16.1. The first-order valence-electron chi connectivity index (χ1n) is 5.98. The number of nitrogens with zero attached hydrogens (tertiary/aromatic N) is 3. The van der Waals surface area contributed by atoms with Gasteiger partial charge in [0, 0.05) is 24.2 Å². The van der Waals surface area contributed by atoms with Crippen molar-refractivity contribution in [2.75, 3.05) is 0 Å². The fourth-order valence-corrected chi connectivity index (χ4v) is 1.64. The maximum Gasteiger partial charge on any atom is 0.274 e. The molecule has 98 valence electrons. The standard InChI is InChI=1S/C12H19N5O/c1-7-5-10(18)17-11(14-7)15-9(16-17)6-8(13)12(2,3)4/h5,8H,6,13H2,1-4H3,(H,14,15,16). The lowest BCUT2D eigenvalue weighted by Crippen LogP contribution is -2.37. The van der Waals surface area contributed by atoms with Gasteiger partial charge in [0.15, 0.2) is 0 Å². The Morgan fingerprint density at radius 1 is 1.44 bits per heavy atom. The van der Waals surface area contributed by atoms with Gasteiger partial charge in [-0.15, -0.1) is 0 Å². The van der Waals surface area contributed by atoms with Crippen LogP contribution in [0.15, 0.2) is 10.9 Å². The van der Waals surface area contributed by atoms with Crippen molar-refractivity contribution >= 4 is 5.78 Å². The Kier molecular flexibility index (Phi) is 2.98. The molecule has 2 rings (SSSR count). The summed E-state index contributed by atoms with van der Waals surface area (Å²) in [5.41, 5.74) is 6.61. The molecular weight excluding hydrogens is 230 g/mol. The summed E-state index contributed by atoms with van der Waals surface area (Å²) >= 11 is 0. The highest BCUT2D eigenvalue weighted by molar-refractivity contribution is 5.27. The highest BCUT2D eigenvalue weighted by Gasteiger charge is 2.22. The predicted molar refractivity (Wildman–Crippen MR) is 69.5 cm³/mol. The zero-order chi connectivity index (χ0) is 13.5. The van der Waals surface area contributed by atoms with Gasteiger partial charge in [0.2, 0.25) is 0 Å². The van der Waals surface area contributed by atoms with E-state index in [1.165, 1.54) is 10.6 Å². The van der Waals surface area contributed by atoms with E-state index in [0.717, 1.165) is 0 Å². The number of nitrogens with one attached hydrogen (secondary N) is 1. The molecule has 1 atom stereocenters. The quantitative estimate of drug-likeness (QED) is 0.817. The maximum absolute atomic E-state index is 11.7. The Hall–Kier alpha value is -1.69. The number of rotatable bonds is 2. The Balaban J connectivity index is 2.37. The van der Waals surface area contributed by atoms with E-state index in [9.17, 15) is 4.79 Å². The van der Waals surface area contributed by atoms with Gasteiger partial charge in [-0.05, 0) is 12.3 Å². The number of aryl methyl sites for hydroxylation is 1. The van der Waals surface area contributed by atoms with Crippen molar-refractivity contribution < 1.29 is 0 Å². The molecule has 0 saturated heterocycles. The van der Waals surface area contributed by atoms with Crippen molar-refractivity contribution in [3.63, 3.8) is 0 Å². The molecule has 0 aliphatic heterocycles. The summed E-state index contributed by atoms with van der Waals surface area (Å²) < 4.78 is 1.34. The van der Waals surface area contributed by atoms with Gasteiger partial charge in [0.05, 0.1) is 0 Å². The van der Waals surface area contributed by atoms with E-state index in [2.05, 4.69) is 35.8 Å². The average Bonchev–Trinajstić information content (AvgIpc) is 2.58. The van der Waals surface area contributed by atoms with Crippen LogP contribution in [0.5, 0.6) is 0 Å². The summed E-state index contributed by atoms with van der Waals surface area (Å²) in [7, 11) is 0. The monoisotopic (exact) mass is 249 g/mol. The molecule has 6 nitrogen and oxygen atoms in total. The molecule has 2 aromatic rings. The van der Waals surface area contributed by atoms with Crippen LogP contribution >= 0.6 is 0 Å². The molecule has 0 spiro atoms. The Morgan fingerprint density at radius 3 is 2.72 bits per heavy atom. The number of fused-ring (bicyclic) bond motifs is 1. The summed E-state index contributed by atoms with van der Waals surface area (Å²) in [6.07, 6.45) is 0.589. The minimum Gasteiger partial charge on any atom is -0.327 e. The van der Waals surface area contributed by atoms with Gasteiger partial charge in [-0.2, -0.15) is 9.50 Å². The summed E-state index contributed by atoms with van der Waals surface area (Å²) in [5, 5.41) is 2.94. The molecule has 2 aromatic heterocycles. The summed E-state index contributed by atoms with van der Waals surface area (Å²) in [4.78, 5) is 20.2. The smallest absolute Gasteiger partial charge is 0.274 e. The molecule has 0 bridgehead atoms. The van der Waals surface area contributed by atoms with E-state index >= 15 is 0 Å². The van der Waals surface area contributed by atoms with Crippen molar-refractivity contribution in [3.05, 3.63) is 27.9 Å². The molecule has 0 aliphatic carbocycles. The van der Waals surface area contributed by atoms with Crippen LogP contribution in [0.3, 0.4) is 0 Å². The van der Waals surface area contributed by atoms with Crippen LogP contribution in [0.4, 0.5) is 0 Å². The first kappa shape index (κ1) is 12.8. The number of hydrogen-bond donors (Lipinski definition) is 2. The van der Waals surface area contributed by atoms with Gasteiger partial charge in [0.1, 0.15) is 5.82 Å². The molecule has 0 aromatic carbocycles. The summed E-state index contributed by atoms with van der Waals surface area (Å²) in [6.45, 7) is 8.01. The van der Waals surface area contributed by atoms with Crippen LogP contribution < -0.4 is 11.3 Å². The van der Waals surface area contributed by atoms with Gasteiger partial charge in [0.25, 0.3) is 11.3 Å². The second-order valence-electron chi connectivity index (χ2n) is 5.72. The zero-order valence-corrected chi connectivity index (χ0v) is 11.2. The summed E-state index contributed by atoms with van der Waals surface area (Å²) in [6, 6.07) is 1.44. The van der Waals surface area contributed by atoms with E-state index in [4.69, 9.17) is 5.73 Å². The largest absolute Gasteiger partial charge is 0.327 e. The van der Waals surface area contributed by atoms with Crippen molar-refractivity contribution in [3.8, 4) is 0 Å². The second-order valence-corrected chi connectivity index (χ2v) is 5.72. The third kappa shape index (κ3) is 2.43. The molecule has 0 fully saturated rings. The molecule has 3 N–H and O–H groups in total. The zero-order valence-electron chi connectivity index (χ0n) is 11.2. The van der Waals surface area contributed by atoms with Crippen LogP contribution in [0.1, 0.15) is 32.3 Å². The SMILES string of the molecule is Cc1cc(=O)n2[nH]c(CC(N)C(C)(C)C)nc2n1. The molecule has 2 heterocycles. The van der Waals surface area contributed by atoms with Crippen molar-refractivity contribution in [2.45, 2.75) is 40.2 Å². The molecule has 18 heavy (non-hydrogen) atoms.